The molecule has 110 valence electrons. The second-order valence-corrected chi connectivity index (χ2v) is 4.47. The quantitative estimate of drug-likeness (QED) is 0.893. The van der Waals surface area contributed by atoms with Crippen molar-refractivity contribution in [3.05, 3.63) is 41.2 Å². The first-order chi connectivity index (χ1) is 9.92. The maximum absolute atomic E-state index is 12.2. The van der Waals surface area contributed by atoms with E-state index in [1.54, 1.807) is 20.0 Å². The summed E-state index contributed by atoms with van der Waals surface area (Å²) in [6.45, 7) is 1.78. The van der Waals surface area contributed by atoms with E-state index in [9.17, 15) is 9.59 Å². The van der Waals surface area contributed by atoms with Crippen LogP contribution in [0.4, 0.5) is 5.69 Å². The summed E-state index contributed by atoms with van der Waals surface area (Å²) in [7, 11) is 3.10. The topological polar surface area (TPSA) is 93.4 Å². The van der Waals surface area contributed by atoms with Crippen molar-refractivity contribution in [1.82, 2.24) is 9.78 Å². The molecule has 0 atom stereocenters. The van der Waals surface area contributed by atoms with Gasteiger partial charge in [-0.05, 0) is 31.2 Å². The Morgan fingerprint density at radius 2 is 2.05 bits per heavy atom. The van der Waals surface area contributed by atoms with E-state index in [2.05, 4.69) is 10.4 Å². The molecule has 2 N–H and O–H groups in total. The van der Waals surface area contributed by atoms with Gasteiger partial charge in [0.2, 0.25) is 0 Å². The predicted octanol–water partition coefficient (Wildman–Crippen LogP) is 1.69. The number of carboxylic acids is 1. The summed E-state index contributed by atoms with van der Waals surface area (Å²) < 4.78 is 6.58. The summed E-state index contributed by atoms with van der Waals surface area (Å²) in [6, 6.07) is 5.89. The van der Waals surface area contributed by atoms with Gasteiger partial charge in [0.25, 0.3) is 5.91 Å². The van der Waals surface area contributed by atoms with E-state index in [1.807, 2.05) is 0 Å². The van der Waals surface area contributed by atoms with Gasteiger partial charge in [-0.1, -0.05) is 0 Å². The Hall–Kier alpha value is -2.83. The number of carboxylic acid groups (broad SMARTS) is 1. The molecule has 0 spiro atoms. The van der Waals surface area contributed by atoms with E-state index in [1.165, 1.54) is 30.0 Å². The first-order valence-electron chi connectivity index (χ1n) is 6.15. The van der Waals surface area contributed by atoms with Crippen LogP contribution in [0.25, 0.3) is 0 Å². The minimum Gasteiger partial charge on any atom is -0.495 e. The van der Waals surface area contributed by atoms with Gasteiger partial charge in [0.05, 0.1) is 24.1 Å². The molecule has 0 aliphatic heterocycles. The van der Waals surface area contributed by atoms with Gasteiger partial charge < -0.3 is 15.2 Å². The van der Waals surface area contributed by atoms with Gasteiger partial charge in [0.15, 0.2) is 0 Å². The Morgan fingerprint density at radius 3 is 2.57 bits per heavy atom. The Bertz CT molecular complexity index is 706. The summed E-state index contributed by atoms with van der Waals surface area (Å²) in [5, 5.41) is 15.7. The number of benzene rings is 1. The van der Waals surface area contributed by atoms with Crippen LogP contribution in [0.15, 0.2) is 24.3 Å². The molecule has 0 unspecified atom stereocenters. The lowest BCUT2D eigenvalue weighted by atomic mass is 10.2. The molecule has 7 nitrogen and oxygen atoms in total. The Labute approximate surface area is 121 Å². The van der Waals surface area contributed by atoms with Crippen molar-refractivity contribution >= 4 is 17.6 Å². The number of carbonyl (C=O) groups is 2. The monoisotopic (exact) mass is 289 g/mol. The number of nitrogens with zero attached hydrogens (tertiary/aromatic N) is 2. The highest BCUT2D eigenvalue weighted by atomic mass is 16.5. The third kappa shape index (κ3) is 3.02. The van der Waals surface area contributed by atoms with Crippen LogP contribution >= 0.6 is 0 Å². The second-order valence-electron chi connectivity index (χ2n) is 4.47. The Balaban J connectivity index is 2.33. The van der Waals surface area contributed by atoms with Gasteiger partial charge in [0, 0.05) is 7.05 Å². The SMILES string of the molecule is COc1ccc(C(=O)O)cc1NC(=O)c1cc(C)nn1C. The highest BCUT2D eigenvalue weighted by molar-refractivity contribution is 6.04. The number of nitrogens with one attached hydrogen (secondary N) is 1. The molecule has 0 saturated heterocycles. The van der Waals surface area contributed by atoms with Crippen LogP contribution in [0.3, 0.4) is 0 Å². The van der Waals surface area contributed by atoms with E-state index in [4.69, 9.17) is 9.84 Å². The van der Waals surface area contributed by atoms with Crippen LogP contribution in [0.2, 0.25) is 0 Å². The normalized spacial score (nSPS) is 10.2. The van der Waals surface area contributed by atoms with Gasteiger partial charge in [-0.25, -0.2) is 4.79 Å². The molecule has 0 aliphatic rings. The number of ether oxygens (including phenoxy) is 1. The molecule has 0 fully saturated rings. The Morgan fingerprint density at radius 1 is 1.33 bits per heavy atom. The van der Waals surface area contributed by atoms with E-state index in [0.29, 0.717) is 22.8 Å². The average molecular weight is 289 g/mol. The fourth-order valence-corrected chi connectivity index (χ4v) is 1.95. The minimum atomic E-state index is -1.08. The lowest BCUT2D eigenvalue weighted by molar-refractivity contribution is 0.0696. The predicted molar refractivity (Wildman–Crippen MR) is 75.9 cm³/mol. The van der Waals surface area contributed by atoms with Crippen LogP contribution in [0.5, 0.6) is 5.75 Å². The van der Waals surface area contributed by atoms with Gasteiger partial charge in [-0.2, -0.15) is 5.10 Å². The number of carbonyl (C=O) groups excluding carboxylic acids is 1. The van der Waals surface area contributed by atoms with Gasteiger partial charge >= 0.3 is 5.97 Å². The van der Waals surface area contributed by atoms with Crippen LogP contribution < -0.4 is 10.1 Å². The van der Waals surface area contributed by atoms with Crippen molar-refractivity contribution in [2.24, 2.45) is 7.05 Å². The van der Waals surface area contributed by atoms with Crippen molar-refractivity contribution < 1.29 is 19.4 Å². The van der Waals surface area contributed by atoms with Gasteiger partial charge in [-0.3, -0.25) is 9.48 Å². The number of hydrogen-bond donors (Lipinski definition) is 2. The summed E-state index contributed by atoms with van der Waals surface area (Å²) in [6.07, 6.45) is 0. The van der Waals surface area contributed by atoms with Gasteiger partial charge in [-0.15, -0.1) is 0 Å². The number of aromatic carboxylic acids is 1. The molecular formula is C14H15N3O4. The number of amides is 1. The summed E-state index contributed by atoms with van der Waals surface area (Å²) in [5.74, 6) is -1.09. The van der Waals surface area contributed by atoms with Crippen molar-refractivity contribution in [3.63, 3.8) is 0 Å². The fraction of sp³-hybridized carbons (Fsp3) is 0.214. The standard InChI is InChI=1S/C14H15N3O4/c1-8-6-11(17(2)16-8)13(18)15-10-7-9(14(19)20)4-5-12(10)21-3/h4-7H,1-3H3,(H,15,18)(H,19,20). The average Bonchev–Trinajstić information content (AvgIpc) is 2.77. The molecule has 0 bridgehead atoms. The zero-order valence-corrected chi connectivity index (χ0v) is 11.9. The molecule has 2 rings (SSSR count). The van der Waals surface area contributed by atoms with Crippen LogP contribution in [0.1, 0.15) is 26.5 Å². The van der Waals surface area contributed by atoms with E-state index < -0.39 is 5.97 Å². The molecule has 1 amide bonds. The number of anilines is 1. The summed E-state index contributed by atoms with van der Waals surface area (Å²) in [4.78, 5) is 23.2. The highest BCUT2D eigenvalue weighted by Crippen LogP contribution is 2.26. The fourth-order valence-electron chi connectivity index (χ4n) is 1.95. The zero-order chi connectivity index (χ0) is 15.6. The maximum atomic E-state index is 12.2. The Kier molecular flexibility index (Phi) is 3.93. The lowest BCUT2D eigenvalue weighted by Gasteiger charge is -2.11. The van der Waals surface area contributed by atoms with Crippen molar-refractivity contribution in [2.75, 3.05) is 12.4 Å². The first kappa shape index (κ1) is 14.6. The number of methoxy groups -OCH3 is 1. The summed E-state index contributed by atoms with van der Waals surface area (Å²) >= 11 is 0. The molecule has 1 heterocycles. The van der Waals surface area contributed by atoms with E-state index in [0.717, 1.165) is 0 Å². The highest BCUT2D eigenvalue weighted by Gasteiger charge is 2.15. The number of hydrogen-bond acceptors (Lipinski definition) is 4. The molecule has 2 aromatic rings. The third-order valence-corrected chi connectivity index (χ3v) is 2.93. The second kappa shape index (κ2) is 5.66. The molecule has 7 heteroatoms. The molecular weight excluding hydrogens is 274 g/mol. The number of aromatic nitrogens is 2. The molecule has 0 radical (unpaired) electrons. The van der Waals surface area contributed by atoms with E-state index in [-0.39, 0.29) is 11.5 Å². The first-order valence-corrected chi connectivity index (χ1v) is 6.15. The minimum absolute atomic E-state index is 0.0623. The largest absolute Gasteiger partial charge is 0.495 e. The molecule has 21 heavy (non-hydrogen) atoms. The maximum Gasteiger partial charge on any atom is 0.335 e. The van der Waals surface area contributed by atoms with Crippen LogP contribution in [-0.4, -0.2) is 33.9 Å². The number of rotatable bonds is 4. The van der Waals surface area contributed by atoms with E-state index >= 15 is 0 Å². The zero-order valence-electron chi connectivity index (χ0n) is 11.9. The number of aryl methyl sites for hydroxylation is 2. The molecule has 0 saturated carbocycles. The third-order valence-electron chi connectivity index (χ3n) is 2.93. The smallest absolute Gasteiger partial charge is 0.335 e. The molecule has 1 aromatic heterocycles. The van der Waals surface area contributed by atoms with Crippen molar-refractivity contribution in [1.29, 1.82) is 0 Å². The summed E-state index contributed by atoms with van der Waals surface area (Å²) in [5.41, 5.74) is 1.44. The van der Waals surface area contributed by atoms with Crippen molar-refractivity contribution in [2.45, 2.75) is 6.92 Å². The van der Waals surface area contributed by atoms with Crippen molar-refractivity contribution in [3.8, 4) is 5.75 Å². The molecule has 1 aromatic carbocycles. The molecule has 0 aliphatic carbocycles. The van der Waals surface area contributed by atoms with Crippen LogP contribution in [0, 0.1) is 6.92 Å². The van der Waals surface area contributed by atoms with Gasteiger partial charge in [0.1, 0.15) is 11.4 Å². The lowest BCUT2D eigenvalue weighted by Crippen LogP contribution is -2.17. The van der Waals surface area contributed by atoms with Crippen LogP contribution in [-0.2, 0) is 7.05 Å².